The summed E-state index contributed by atoms with van der Waals surface area (Å²) in [5.74, 6) is -0.274. The number of rotatable bonds is 1. The fourth-order valence-corrected chi connectivity index (χ4v) is 3.61. The Bertz CT molecular complexity index is 1180. The summed E-state index contributed by atoms with van der Waals surface area (Å²) in [4.78, 5) is 43.8. The first-order valence-corrected chi connectivity index (χ1v) is 10.8. The highest BCUT2D eigenvalue weighted by atomic mass is 16.5. The third-order valence-corrected chi connectivity index (χ3v) is 5.30. The number of fused-ring (bicyclic) bond motifs is 2. The van der Waals surface area contributed by atoms with E-state index in [-0.39, 0.29) is 49.6 Å². The van der Waals surface area contributed by atoms with Gasteiger partial charge in [-0.1, -0.05) is 16.8 Å². The van der Waals surface area contributed by atoms with Gasteiger partial charge in [0.2, 0.25) is 17.3 Å². The number of carbonyl (C=O) groups excluding carboxylic acids is 3. The molecule has 3 aromatic rings. The standard InChI is InChI=1S/C23H25N5O5/c1-15-6-7-18-17(14-15)22(30)26-9-12-28(11-3-5-19(29)24-10-13-32-18)23(31)20-16-4-2-8-25-21(16)27-33-20/h2,4,6-8,14H,3,5,9-13H2,1H3,(H,24,29)(H,26,30). The smallest absolute Gasteiger partial charge is 0.293 e. The molecule has 0 spiro atoms. The maximum absolute atomic E-state index is 13.2. The second-order valence-corrected chi connectivity index (χ2v) is 7.74. The molecule has 1 aliphatic rings. The minimum atomic E-state index is -0.371. The zero-order chi connectivity index (χ0) is 23.2. The summed E-state index contributed by atoms with van der Waals surface area (Å²) in [5.41, 5.74) is 1.67. The molecule has 10 heteroatoms. The molecule has 0 saturated carbocycles. The highest BCUT2D eigenvalue weighted by molar-refractivity contribution is 6.02. The van der Waals surface area contributed by atoms with E-state index in [0.29, 0.717) is 41.9 Å². The molecule has 172 valence electrons. The van der Waals surface area contributed by atoms with Crippen molar-refractivity contribution in [2.45, 2.75) is 19.8 Å². The average molecular weight is 451 g/mol. The van der Waals surface area contributed by atoms with Crippen LogP contribution in [0.5, 0.6) is 5.75 Å². The van der Waals surface area contributed by atoms with Crippen molar-refractivity contribution in [3.8, 4) is 5.75 Å². The molecule has 0 atom stereocenters. The number of aromatic nitrogens is 2. The number of ether oxygens (including phenoxy) is 1. The molecule has 3 heterocycles. The number of nitrogens with zero attached hydrogens (tertiary/aromatic N) is 3. The van der Waals surface area contributed by atoms with E-state index in [0.717, 1.165) is 5.56 Å². The first kappa shape index (κ1) is 22.3. The number of hydrogen-bond acceptors (Lipinski definition) is 7. The summed E-state index contributed by atoms with van der Waals surface area (Å²) in [5, 5.41) is 10.0. The van der Waals surface area contributed by atoms with Crippen molar-refractivity contribution in [2.24, 2.45) is 0 Å². The van der Waals surface area contributed by atoms with Gasteiger partial charge >= 0.3 is 0 Å². The second kappa shape index (κ2) is 10.1. The van der Waals surface area contributed by atoms with Gasteiger partial charge in [0.25, 0.3) is 11.8 Å². The van der Waals surface area contributed by atoms with Gasteiger partial charge in [-0.15, -0.1) is 0 Å². The zero-order valence-electron chi connectivity index (χ0n) is 18.3. The average Bonchev–Trinajstić information content (AvgIpc) is 3.24. The zero-order valence-corrected chi connectivity index (χ0v) is 18.3. The van der Waals surface area contributed by atoms with Crippen molar-refractivity contribution in [1.29, 1.82) is 0 Å². The van der Waals surface area contributed by atoms with E-state index < -0.39 is 0 Å². The Labute approximate surface area is 190 Å². The molecule has 0 aliphatic carbocycles. The van der Waals surface area contributed by atoms with Crippen LogP contribution in [0.15, 0.2) is 41.1 Å². The number of carbonyl (C=O) groups is 3. The lowest BCUT2D eigenvalue weighted by Gasteiger charge is -2.22. The predicted octanol–water partition coefficient (Wildman–Crippen LogP) is 1.69. The molecule has 0 unspecified atom stereocenters. The summed E-state index contributed by atoms with van der Waals surface area (Å²) in [6.45, 7) is 3.21. The molecular formula is C23H25N5O5. The molecule has 0 bridgehead atoms. The summed E-state index contributed by atoms with van der Waals surface area (Å²) in [6.07, 6.45) is 2.28. The SMILES string of the molecule is Cc1ccc2c(c1)C(=O)NCCN(C(=O)c1onc3ncccc13)CCCC(=O)NCCO2. The summed E-state index contributed by atoms with van der Waals surface area (Å²) < 4.78 is 11.0. The minimum Gasteiger partial charge on any atom is -0.491 e. The van der Waals surface area contributed by atoms with Gasteiger partial charge in [0.05, 0.1) is 17.5 Å². The van der Waals surface area contributed by atoms with E-state index in [1.807, 2.05) is 13.0 Å². The van der Waals surface area contributed by atoms with Gasteiger partial charge < -0.3 is 24.8 Å². The molecule has 2 N–H and O–H groups in total. The van der Waals surface area contributed by atoms with Gasteiger partial charge in [-0.05, 0) is 37.6 Å². The molecule has 2 aromatic heterocycles. The van der Waals surface area contributed by atoms with Gasteiger partial charge in [0, 0.05) is 32.3 Å². The number of hydrogen-bond donors (Lipinski definition) is 2. The number of nitrogens with one attached hydrogen (secondary N) is 2. The summed E-state index contributed by atoms with van der Waals surface area (Å²) in [7, 11) is 0. The second-order valence-electron chi connectivity index (χ2n) is 7.74. The number of pyridine rings is 1. The fraction of sp³-hybridized carbons (Fsp3) is 0.348. The van der Waals surface area contributed by atoms with Crippen LogP contribution in [0.3, 0.4) is 0 Å². The van der Waals surface area contributed by atoms with Gasteiger partial charge in [-0.25, -0.2) is 4.98 Å². The van der Waals surface area contributed by atoms with Crippen molar-refractivity contribution in [3.05, 3.63) is 53.4 Å². The van der Waals surface area contributed by atoms with Crippen molar-refractivity contribution in [3.63, 3.8) is 0 Å². The Morgan fingerprint density at radius 3 is 2.88 bits per heavy atom. The molecule has 0 saturated heterocycles. The molecule has 3 amide bonds. The molecule has 0 radical (unpaired) electrons. The van der Waals surface area contributed by atoms with Crippen LogP contribution in [0.2, 0.25) is 0 Å². The van der Waals surface area contributed by atoms with Crippen molar-refractivity contribution < 1.29 is 23.6 Å². The lowest BCUT2D eigenvalue weighted by molar-refractivity contribution is -0.121. The molecule has 4 rings (SSSR count). The lowest BCUT2D eigenvalue weighted by Crippen LogP contribution is -2.39. The molecule has 1 aliphatic heterocycles. The van der Waals surface area contributed by atoms with Crippen molar-refractivity contribution in [1.82, 2.24) is 25.7 Å². The lowest BCUT2D eigenvalue weighted by atomic mass is 10.1. The molecule has 0 fully saturated rings. The first-order valence-electron chi connectivity index (χ1n) is 10.8. The summed E-state index contributed by atoms with van der Waals surface area (Å²) in [6, 6.07) is 8.76. The third-order valence-electron chi connectivity index (χ3n) is 5.30. The van der Waals surface area contributed by atoms with Crippen LogP contribution in [0.1, 0.15) is 39.3 Å². The van der Waals surface area contributed by atoms with Crippen LogP contribution < -0.4 is 15.4 Å². The maximum Gasteiger partial charge on any atom is 0.293 e. The van der Waals surface area contributed by atoms with E-state index in [1.54, 1.807) is 35.4 Å². The quantitative estimate of drug-likeness (QED) is 0.576. The highest BCUT2D eigenvalue weighted by Crippen LogP contribution is 2.21. The van der Waals surface area contributed by atoms with E-state index in [2.05, 4.69) is 20.8 Å². The third kappa shape index (κ3) is 5.28. The predicted molar refractivity (Wildman–Crippen MR) is 119 cm³/mol. The first-order chi connectivity index (χ1) is 16.0. The topological polar surface area (TPSA) is 127 Å². The number of benzene rings is 1. The monoisotopic (exact) mass is 451 g/mol. The fourth-order valence-electron chi connectivity index (χ4n) is 3.61. The van der Waals surface area contributed by atoms with Crippen LogP contribution in [0, 0.1) is 6.92 Å². The normalized spacial score (nSPS) is 16.1. The van der Waals surface area contributed by atoms with Gasteiger partial charge in [-0.3, -0.25) is 14.4 Å². The number of amides is 3. The molecule has 1 aromatic carbocycles. The number of aryl methyl sites for hydroxylation is 1. The van der Waals surface area contributed by atoms with Crippen molar-refractivity contribution in [2.75, 3.05) is 32.8 Å². The Kier molecular flexibility index (Phi) is 6.82. The molecule has 33 heavy (non-hydrogen) atoms. The van der Waals surface area contributed by atoms with Crippen molar-refractivity contribution >= 4 is 28.8 Å². The Morgan fingerprint density at radius 2 is 2.00 bits per heavy atom. The van der Waals surface area contributed by atoms with Gasteiger partial charge in [-0.2, -0.15) is 0 Å². The van der Waals surface area contributed by atoms with Crippen LogP contribution >= 0.6 is 0 Å². The summed E-state index contributed by atoms with van der Waals surface area (Å²) >= 11 is 0. The van der Waals surface area contributed by atoms with Crippen LogP contribution in [0.4, 0.5) is 0 Å². The Balaban J connectivity index is 1.54. The molecule has 10 nitrogen and oxygen atoms in total. The largest absolute Gasteiger partial charge is 0.491 e. The Morgan fingerprint density at radius 1 is 1.12 bits per heavy atom. The van der Waals surface area contributed by atoms with E-state index in [9.17, 15) is 14.4 Å². The van der Waals surface area contributed by atoms with E-state index in [1.165, 1.54) is 0 Å². The van der Waals surface area contributed by atoms with Crippen LogP contribution in [-0.4, -0.2) is 65.5 Å². The van der Waals surface area contributed by atoms with E-state index >= 15 is 0 Å². The van der Waals surface area contributed by atoms with E-state index in [4.69, 9.17) is 9.26 Å². The minimum absolute atomic E-state index is 0.0844. The maximum atomic E-state index is 13.2. The molecular weight excluding hydrogens is 426 g/mol. The Hall–Kier alpha value is -3.95. The van der Waals surface area contributed by atoms with Crippen LogP contribution in [0.25, 0.3) is 11.0 Å². The van der Waals surface area contributed by atoms with Gasteiger partial charge in [0.15, 0.2) is 0 Å². The highest BCUT2D eigenvalue weighted by Gasteiger charge is 2.24. The van der Waals surface area contributed by atoms with Crippen LogP contribution in [-0.2, 0) is 4.79 Å². The van der Waals surface area contributed by atoms with Gasteiger partial charge in [0.1, 0.15) is 12.4 Å².